The molecule has 2 radical (unpaired) electrons. The minimum absolute atomic E-state index is 0.250. The maximum absolute atomic E-state index is 5.58. The lowest BCUT2D eigenvalue weighted by molar-refractivity contribution is 0.213. The number of hydrogen-bond acceptors (Lipinski definition) is 2. The van der Waals surface area contributed by atoms with Gasteiger partial charge < -0.3 is 8.85 Å². The standard InChI is InChI=1S/C22H40O2Si/c1-2-4-6-8-10-12-14-16-18-20-22-24-25-23-21-19-17-15-13-11-9-7-5-3-1/h3-22H2. The lowest BCUT2D eigenvalue weighted by Gasteiger charge is -2.05. The molecule has 0 bridgehead atoms. The van der Waals surface area contributed by atoms with E-state index in [0.717, 1.165) is 26.1 Å². The molecule has 0 saturated heterocycles. The Kier molecular flexibility index (Phi) is 18.2. The SMILES string of the molecule is C1#CCCCCCCCCCCO[Si]OCCCCCCCCCC1. The van der Waals surface area contributed by atoms with E-state index in [9.17, 15) is 0 Å². The van der Waals surface area contributed by atoms with Crippen molar-refractivity contribution in [3.05, 3.63) is 0 Å². The summed E-state index contributed by atoms with van der Waals surface area (Å²) in [6.45, 7) is 1.74. The number of rotatable bonds is 0. The second-order valence-corrected chi connectivity index (χ2v) is 8.03. The summed E-state index contributed by atoms with van der Waals surface area (Å²) in [6.07, 6.45) is 23.5. The molecule has 0 aromatic rings. The van der Waals surface area contributed by atoms with E-state index in [1.807, 2.05) is 0 Å². The summed E-state index contributed by atoms with van der Waals surface area (Å²) in [5.41, 5.74) is 0. The van der Waals surface area contributed by atoms with Crippen LogP contribution in [0.3, 0.4) is 0 Å². The van der Waals surface area contributed by atoms with Gasteiger partial charge in [0.05, 0.1) is 0 Å². The molecular weight excluding hydrogens is 324 g/mol. The molecule has 0 N–H and O–H groups in total. The topological polar surface area (TPSA) is 18.5 Å². The molecule has 1 aliphatic heterocycles. The highest BCUT2D eigenvalue weighted by Crippen LogP contribution is 2.11. The van der Waals surface area contributed by atoms with Crippen LogP contribution in [-0.4, -0.2) is 23.2 Å². The third-order valence-corrected chi connectivity index (χ3v) is 5.48. The van der Waals surface area contributed by atoms with E-state index in [2.05, 4.69) is 11.8 Å². The van der Waals surface area contributed by atoms with Crippen LogP contribution >= 0.6 is 0 Å². The first-order valence-electron chi connectivity index (χ1n) is 10.9. The summed E-state index contributed by atoms with van der Waals surface area (Å²) in [5.74, 6) is 6.73. The normalized spacial score (nSPS) is 22.7. The van der Waals surface area contributed by atoms with Gasteiger partial charge in [0.15, 0.2) is 0 Å². The Balaban J connectivity index is 2.06. The van der Waals surface area contributed by atoms with Gasteiger partial charge in [-0.3, -0.25) is 0 Å². The van der Waals surface area contributed by atoms with Crippen LogP contribution in [0.15, 0.2) is 0 Å². The van der Waals surface area contributed by atoms with Gasteiger partial charge in [-0.25, -0.2) is 0 Å². The smallest absolute Gasteiger partial charge is 0.393 e. The molecule has 25 heavy (non-hydrogen) atoms. The highest BCUT2D eigenvalue weighted by atomic mass is 28.3. The zero-order valence-electron chi connectivity index (χ0n) is 16.5. The van der Waals surface area contributed by atoms with Crippen LogP contribution in [0.25, 0.3) is 0 Å². The van der Waals surface area contributed by atoms with Crippen molar-refractivity contribution >= 4 is 10.0 Å². The number of hydrogen-bond donors (Lipinski definition) is 0. The summed E-state index contributed by atoms with van der Waals surface area (Å²) in [4.78, 5) is 0. The zero-order chi connectivity index (χ0) is 17.7. The molecule has 0 fully saturated rings. The third kappa shape index (κ3) is 18.3. The van der Waals surface area contributed by atoms with E-state index in [-0.39, 0.29) is 10.0 Å². The Morgan fingerprint density at radius 3 is 1.12 bits per heavy atom. The highest BCUT2D eigenvalue weighted by Gasteiger charge is 1.97. The summed E-state index contributed by atoms with van der Waals surface area (Å²) >= 11 is 0. The molecule has 3 heteroatoms. The Labute approximate surface area is 159 Å². The van der Waals surface area contributed by atoms with Gasteiger partial charge in [0.2, 0.25) is 0 Å². The molecule has 1 rings (SSSR count). The largest absolute Gasteiger partial charge is 0.433 e. The van der Waals surface area contributed by atoms with Gasteiger partial charge in [-0.05, 0) is 25.7 Å². The monoisotopic (exact) mass is 364 g/mol. The summed E-state index contributed by atoms with van der Waals surface area (Å²) in [5, 5.41) is 0. The molecule has 0 amide bonds. The predicted octanol–water partition coefficient (Wildman–Crippen LogP) is 6.59. The fourth-order valence-electron chi connectivity index (χ4n) is 3.20. The maximum Gasteiger partial charge on any atom is 0.433 e. The van der Waals surface area contributed by atoms with E-state index >= 15 is 0 Å². The quantitative estimate of drug-likeness (QED) is 0.356. The van der Waals surface area contributed by atoms with Gasteiger partial charge in [-0.1, -0.05) is 77.0 Å². The first-order chi connectivity index (χ1) is 12.5. The molecule has 0 saturated carbocycles. The van der Waals surface area contributed by atoms with Crippen LogP contribution in [0.1, 0.15) is 116 Å². The molecule has 0 spiro atoms. The van der Waals surface area contributed by atoms with Crippen molar-refractivity contribution < 1.29 is 8.85 Å². The molecule has 0 atom stereocenters. The van der Waals surface area contributed by atoms with Gasteiger partial charge in [0.1, 0.15) is 0 Å². The molecule has 0 aliphatic carbocycles. The molecule has 0 aromatic heterocycles. The molecule has 1 heterocycles. The van der Waals surface area contributed by atoms with Crippen LogP contribution in [0.2, 0.25) is 0 Å². The average molecular weight is 365 g/mol. The van der Waals surface area contributed by atoms with Crippen molar-refractivity contribution in [2.75, 3.05) is 13.2 Å². The van der Waals surface area contributed by atoms with Crippen LogP contribution < -0.4 is 0 Å². The minimum Gasteiger partial charge on any atom is -0.393 e. The van der Waals surface area contributed by atoms with Crippen LogP contribution in [0.5, 0.6) is 0 Å². The van der Waals surface area contributed by atoms with Crippen molar-refractivity contribution in [2.24, 2.45) is 0 Å². The first-order valence-corrected chi connectivity index (χ1v) is 11.8. The summed E-state index contributed by atoms with van der Waals surface area (Å²) in [7, 11) is 0.250. The highest BCUT2D eigenvalue weighted by molar-refractivity contribution is 6.17. The van der Waals surface area contributed by atoms with Crippen molar-refractivity contribution in [1.29, 1.82) is 0 Å². The lowest BCUT2D eigenvalue weighted by atomic mass is 10.1. The fraction of sp³-hybridized carbons (Fsp3) is 0.909. The van der Waals surface area contributed by atoms with Gasteiger partial charge in [0.25, 0.3) is 0 Å². The van der Waals surface area contributed by atoms with E-state index in [4.69, 9.17) is 8.85 Å². The lowest BCUT2D eigenvalue weighted by Crippen LogP contribution is -2.07. The van der Waals surface area contributed by atoms with Gasteiger partial charge in [0, 0.05) is 26.1 Å². The summed E-state index contributed by atoms with van der Waals surface area (Å²) < 4.78 is 11.2. The van der Waals surface area contributed by atoms with Gasteiger partial charge in [-0.15, -0.1) is 11.8 Å². The molecule has 0 aromatic carbocycles. The van der Waals surface area contributed by atoms with E-state index in [1.54, 1.807) is 0 Å². The van der Waals surface area contributed by atoms with E-state index in [0.29, 0.717) is 0 Å². The van der Waals surface area contributed by atoms with Crippen LogP contribution in [-0.2, 0) is 8.85 Å². The Morgan fingerprint density at radius 1 is 0.400 bits per heavy atom. The van der Waals surface area contributed by atoms with Crippen molar-refractivity contribution in [3.8, 4) is 11.8 Å². The molecule has 144 valence electrons. The summed E-state index contributed by atoms with van der Waals surface area (Å²) in [6, 6.07) is 0. The van der Waals surface area contributed by atoms with E-state index < -0.39 is 0 Å². The molecule has 2 nitrogen and oxygen atoms in total. The Bertz CT molecular complexity index is 294. The molecular formula is C22H40O2Si. The van der Waals surface area contributed by atoms with Crippen molar-refractivity contribution in [1.82, 2.24) is 0 Å². The Morgan fingerprint density at radius 2 is 0.720 bits per heavy atom. The predicted molar refractivity (Wildman–Crippen MR) is 109 cm³/mol. The zero-order valence-corrected chi connectivity index (χ0v) is 17.5. The first kappa shape index (κ1) is 22.7. The minimum atomic E-state index is 0.250. The van der Waals surface area contributed by atoms with E-state index in [1.165, 1.54) is 103 Å². The third-order valence-electron chi connectivity index (χ3n) is 4.84. The van der Waals surface area contributed by atoms with Crippen molar-refractivity contribution in [3.63, 3.8) is 0 Å². The van der Waals surface area contributed by atoms with Gasteiger partial charge in [-0.2, -0.15) is 0 Å². The second kappa shape index (κ2) is 20.0. The van der Waals surface area contributed by atoms with Crippen molar-refractivity contribution in [2.45, 2.75) is 116 Å². The average Bonchev–Trinajstić information content (AvgIpc) is 2.62. The second-order valence-electron chi connectivity index (χ2n) is 7.29. The Hall–Kier alpha value is -0.303. The fourth-order valence-corrected chi connectivity index (χ4v) is 3.74. The molecule has 1 aliphatic rings. The molecule has 0 unspecified atom stereocenters. The van der Waals surface area contributed by atoms with Crippen LogP contribution in [0.4, 0.5) is 0 Å². The maximum atomic E-state index is 5.58. The van der Waals surface area contributed by atoms with Crippen LogP contribution in [0, 0.1) is 11.8 Å². The van der Waals surface area contributed by atoms with Gasteiger partial charge >= 0.3 is 10.0 Å².